The summed E-state index contributed by atoms with van der Waals surface area (Å²) in [5.41, 5.74) is 9.69. The van der Waals surface area contributed by atoms with Crippen LogP contribution in [0.25, 0.3) is 17.0 Å². The minimum absolute atomic E-state index is 0.0795. The number of hydrogen-bond acceptors (Lipinski definition) is 4. The van der Waals surface area contributed by atoms with Gasteiger partial charge >= 0.3 is 0 Å². The molecule has 0 unspecified atom stereocenters. The standard InChI is InChI=1S/C19H21N5O/c1-13-16(15-6-4-5-7-17(15)24(13)3)12-23(2)18(25)9-8-14-10-21-19(20)22-11-14/h4-11H,12H2,1-3H3,(H2,20,21,22)/b9-8+. The average Bonchev–Trinajstić information content (AvgIpc) is 2.86. The molecule has 2 heterocycles. The Balaban J connectivity index is 1.78. The number of hydrogen-bond donors (Lipinski definition) is 1. The lowest BCUT2D eigenvalue weighted by atomic mass is 10.1. The van der Waals surface area contributed by atoms with Crippen molar-refractivity contribution in [2.75, 3.05) is 12.8 Å². The fraction of sp³-hybridized carbons (Fsp3) is 0.211. The highest BCUT2D eigenvalue weighted by Gasteiger charge is 2.14. The lowest BCUT2D eigenvalue weighted by molar-refractivity contribution is -0.125. The van der Waals surface area contributed by atoms with E-state index in [0.29, 0.717) is 6.54 Å². The first-order valence-electron chi connectivity index (χ1n) is 8.01. The summed E-state index contributed by atoms with van der Waals surface area (Å²) in [6, 6.07) is 8.23. The summed E-state index contributed by atoms with van der Waals surface area (Å²) in [5, 5.41) is 1.18. The van der Waals surface area contributed by atoms with Crippen LogP contribution in [0, 0.1) is 6.92 Å². The van der Waals surface area contributed by atoms with Gasteiger partial charge in [0.25, 0.3) is 0 Å². The summed E-state index contributed by atoms with van der Waals surface area (Å²) in [4.78, 5) is 21.9. The van der Waals surface area contributed by atoms with Crippen LogP contribution < -0.4 is 5.73 Å². The van der Waals surface area contributed by atoms with E-state index < -0.39 is 0 Å². The van der Waals surface area contributed by atoms with E-state index in [4.69, 9.17) is 5.73 Å². The number of aromatic nitrogens is 3. The van der Waals surface area contributed by atoms with Crippen LogP contribution in [0.3, 0.4) is 0 Å². The van der Waals surface area contributed by atoms with Crippen molar-refractivity contribution in [2.45, 2.75) is 13.5 Å². The van der Waals surface area contributed by atoms with Gasteiger partial charge in [0.15, 0.2) is 0 Å². The zero-order valence-electron chi connectivity index (χ0n) is 14.6. The van der Waals surface area contributed by atoms with E-state index in [-0.39, 0.29) is 11.9 Å². The van der Waals surface area contributed by atoms with Gasteiger partial charge in [-0.25, -0.2) is 9.97 Å². The van der Waals surface area contributed by atoms with Gasteiger partial charge in [0.05, 0.1) is 0 Å². The van der Waals surface area contributed by atoms with Crippen molar-refractivity contribution < 1.29 is 4.79 Å². The zero-order chi connectivity index (χ0) is 18.0. The third-order valence-electron chi connectivity index (χ3n) is 4.41. The van der Waals surface area contributed by atoms with Gasteiger partial charge in [-0.15, -0.1) is 0 Å². The molecule has 1 aromatic carbocycles. The van der Waals surface area contributed by atoms with Crippen LogP contribution in [0.2, 0.25) is 0 Å². The smallest absolute Gasteiger partial charge is 0.246 e. The van der Waals surface area contributed by atoms with Crippen molar-refractivity contribution in [3.8, 4) is 0 Å². The Bertz CT molecular complexity index is 940. The third-order valence-corrected chi connectivity index (χ3v) is 4.41. The number of carbonyl (C=O) groups is 1. The number of nitrogens with two attached hydrogens (primary N) is 1. The fourth-order valence-corrected chi connectivity index (χ4v) is 2.84. The Morgan fingerprint density at radius 1 is 1.28 bits per heavy atom. The van der Waals surface area contributed by atoms with Gasteiger partial charge < -0.3 is 15.2 Å². The van der Waals surface area contributed by atoms with Crippen LogP contribution in [0.1, 0.15) is 16.8 Å². The molecule has 3 aromatic rings. The molecule has 1 amide bonds. The average molecular weight is 335 g/mol. The number of carbonyl (C=O) groups excluding carboxylic acids is 1. The number of amides is 1. The van der Waals surface area contributed by atoms with E-state index in [1.807, 2.05) is 19.2 Å². The third kappa shape index (κ3) is 3.38. The highest BCUT2D eigenvalue weighted by molar-refractivity contribution is 5.92. The van der Waals surface area contributed by atoms with Gasteiger partial charge in [0.2, 0.25) is 11.9 Å². The molecule has 0 saturated heterocycles. The number of nitrogen functional groups attached to an aromatic ring is 1. The first-order chi connectivity index (χ1) is 12.0. The summed E-state index contributed by atoms with van der Waals surface area (Å²) in [5.74, 6) is 0.135. The summed E-state index contributed by atoms with van der Waals surface area (Å²) >= 11 is 0. The van der Waals surface area contributed by atoms with Crippen LogP contribution in [-0.4, -0.2) is 32.4 Å². The number of para-hydroxylation sites is 1. The SMILES string of the molecule is Cc1c(CN(C)C(=O)/C=C/c2cnc(N)nc2)c2ccccc2n1C. The molecule has 0 fully saturated rings. The van der Waals surface area contributed by atoms with E-state index >= 15 is 0 Å². The van der Waals surface area contributed by atoms with E-state index in [0.717, 1.165) is 16.8 Å². The first kappa shape index (κ1) is 16.7. The molecule has 2 aromatic heterocycles. The molecule has 2 N–H and O–H groups in total. The van der Waals surface area contributed by atoms with E-state index in [2.05, 4.69) is 33.6 Å². The second-order valence-corrected chi connectivity index (χ2v) is 6.04. The minimum Gasteiger partial charge on any atom is -0.368 e. The molecule has 0 radical (unpaired) electrons. The van der Waals surface area contributed by atoms with Crippen molar-refractivity contribution >= 4 is 28.8 Å². The molecule has 0 saturated carbocycles. The Morgan fingerprint density at radius 2 is 1.96 bits per heavy atom. The van der Waals surface area contributed by atoms with Crippen LogP contribution in [0.4, 0.5) is 5.95 Å². The molecule has 0 aliphatic heterocycles. The Hall–Kier alpha value is -3.15. The van der Waals surface area contributed by atoms with Gasteiger partial charge in [0.1, 0.15) is 0 Å². The van der Waals surface area contributed by atoms with E-state index in [9.17, 15) is 4.79 Å². The van der Waals surface area contributed by atoms with Crippen molar-refractivity contribution in [1.82, 2.24) is 19.4 Å². The number of aryl methyl sites for hydroxylation is 1. The Labute approximate surface area is 146 Å². The monoisotopic (exact) mass is 335 g/mol. The molecule has 3 rings (SSSR count). The van der Waals surface area contributed by atoms with Gasteiger partial charge in [-0.1, -0.05) is 18.2 Å². The molecule has 0 atom stereocenters. The maximum atomic E-state index is 12.4. The number of benzene rings is 1. The van der Waals surface area contributed by atoms with Gasteiger partial charge in [0, 0.05) is 61.3 Å². The van der Waals surface area contributed by atoms with Crippen LogP contribution >= 0.6 is 0 Å². The predicted molar refractivity (Wildman–Crippen MR) is 99.6 cm³/mol. The highest BCUT2D eigenvalue weighted by Crippen LogP contribution is 2.25. The second-order valence-electron chi connectivity index (χ2n) is 6.04. The first-order valence-corrected chi connectivity index (χ1v) is 8.01. The zero-order valence-corrected chi connectivity index (χ0v) is 14.6. The molecular formula is C19H21N5O. The summed E-state index contributed by atoms with van der Waals surface area (Å²) in [7, 11) is 3.84. The molecular weight excluding hydrogens is 314 g/mol. The van der Waals surface area contributed by atoms with Crippen LogP contribution in [-0.2, 0) is 18.4 Å². The quantitative estimate of drug-likeness (QED) is 0.743. The van der Waals surface area contributed by atoms with Crippen molar-refractivity contribution in [3.05, 3.63) is 59.6 Å². The minimum atomic E-state index is -0.0795. The number of likely N-dealkylation sites (N-methyl/N-ethyl adjacent to an activating group) is 1. The lowest BCUT2D eigenvalue weighted by Gasteiger charge is -2.15. The van der Waals surface area contributed by atoms with Gasteiger partial charge in [-0.3, -0.25) is 4.79 Å². The van der Waals surface area contributed by atoms with Crippen LogP contribution in [0.5, 0.6) is 0 Å². The number of rotatable bonds is 4. The maximum Gasteiger partial charge on any atom is 0.246 e. The molecule has 6 heteroatoms. The predicted octanol–water partition coefficient (Wildman–Crippen LogP) is 2.53. The fourth-order valence-electron chi connectivity index (χ4n) is 2.84. The maximum absolute atomic E-state index is 12.4. The molecule has 6 nitrogen and oxygen atoms in total. The topological polar surface area (TPSA) is 77.0 Å². The normalized spacial score (nSPS) is 11.3. The molecule has 25 heavy (non-hydrogen) atoms. The van der Waals surface area contributed by atoms with Gasteiger partial charge in [-0.05, 0) is 24.6 Å². The summed E-state index contributed by atoms with van der Waals surface area (Å²) < 4.78 is 2.16. The van der Waals surface area contributed by atoms with Crippen LogP contribution in [0.15, 0.2) is 42.7 Å². The van der Waals surface area contributed by atoms with Crippen molar-refractivity contribution in [1.29, 1.82) is 0 Å². The number of fused-ring (bicyclic) bond motifs is 1. The largest absolute Gasteiger partial charge is 0.368 e. The highest BCUT2D eigenvalue weighted by atomic mass is 16.2. The number of nitrogens with zero attached hydrogens (tertiary/aromatic N) is 4. The second kappa shape index (κ2) is 6.76. The molecule has 0 aliphatic carbocycles. The molecule has 0 spiro atoms. The Kier molecular flexibility index (Phi) is 4.52. The van der Waals surface area contributed by atoms with E-state index in [1.54, 1.807) is 30.4 Å². The van der Waals surface area contributed by atoms with Gasteiger partial charge in [-0.2, -0.15) is 0 Å². The van der Waals surface area contributed by atoms with Crippen molar-refractivity contribution in [3.63, 3.8) is 0 Å². The molecule has 0 aliphatic rings. The Morgan fingerprint density at radius 3 is 2.68 bits per heavy atom. The lowest BCUT2D eigenvalue weighted by Crippen LogP contribution is -2.24. The summed E-state index contributed by atoms with van der Waals surface area (Å²) in [6.45, 7) is 2.63. The summed E-state index contributed by atoms with van der Waals surface area (Å²) in [6.07, 6.45) is 6.38. The number of anilines is 1. The van der Waals surface area contributed by atoms with E-state index in [1.165, 1.54) is 17.0 Å². The van der Waals surface area contributed by atoms with Crippen molar-refractivity contribution in [2.24, 2.45) is 7.05 Å². The molecule has 0 bridgehead atoms. The molecule has 128 valence electrons.